The number of benzene rings is 4. The maximum atomic E-state index is 12.8. The zero-order valence-corrected chi connectivity index (χ0v) is 88.1. The summed E-state index contributed by atoms with van der Waals surface area (Å²) in [5, 5.41) is 23.9. The fourth-order valence-corrected chi connectivity index (χ4v) is 21.4. The van der Waals surface area contributed by atoms with Gasteiger partial charge in [0.25, 0.3) is 0 Å². The standard InChI is InChI=1S/C25H24N2OS.C19H19NOS.2C18H17NOS.2C7H8BrN.C7H9N.C3H4Cl2O2.CH4O.Al.B.HN.Na.H2O/c1-17-12-18(15-26-14-17)16-27-9-6-19(7-10-27)24-21-5-3-2-4-20(21)13-23(28)25-22(24)8-11-29-25;1-20-9-6-13(7-10-20)18-15-5-3-2-4-14(15)12-17(21)19-16(18)8-11-22-19;2*20-16-11-13-3-1-2-4-14(13)17(12-5-8-19-9-6-12)15-7-10-21-18(15)16;2*1-6-2-7(3-8)5-9-4-6;1-6-3-7(2)5-8-4-6;1-2(4)7-3(5)6;1-2;;;;;/h2-5,8,11-12,14-15H,6-7,9-10,13,16H2,1H3;2-5,8,11H,6-7,9-10,12H2,1H3;2*1-4,7,10,19H,5-6,8-9,11H2;2*2,4-5H,3H2,1H3;3-5H,1-2H3;2H,1H3;2H,1H3;;;1H;;1H2/q;;;;;;;;;;;;+1;/p-1. The van der Waals surface area contributed by atoms with E-state index in [4.69, 9.17) is 32.7 Å². The van der Waals surface area contributed by atoms with E-state index in [2.05, 4.69) is 234 Å². The summed E-state index contributed by atoms with van der Waals surface area (Å²) in [4.78, 5) is 85.2. The average molecular weight is 2050 g/mol. The van der Waals surface area contributed by atoms with Crippen LogP contribution < -0.4 is 40.2 Å². The van der Waals surface area contributed by atoms with E-state index < -0.39 is 11.0 Å². The smallest absolute Gasteiger partial charge is 0.870 e. The summed E-state index contributed by atoms with van der Waals surface area (Å²) in [6.07, 6.45) is 25.7. The number of aromatic nitrogens is 4. The van der Waals surface area contributed by atoms with Crippen LogP contribution in [0.3, 0.4) is 0 Å². The summed E-state index contributed by atoms with van der Waals surface area (Å²) < 4.78 is 9.81. The number of alkyl halides is 3. The molecule has 12 heterocycles. The Hall–Kier alpha value is -7.91. The molecule has 4 radical (unpaired) electrons. The minimum atomic E-state index is -0.873. The van der Waals surface area contributed by atoms with Crippen molar-refractivity contribution >= 4 is 176 Å². The summed E-state index contributed by atoms with van der Waals surface area (Å²) in [5.74, 6) is 1.04. The number of hydrogen-bond acceptors (Lipinski definition) is 21. The number of ether oxygens (including phenoxy) is 1. The van der Waals surface area contributed by atoms with Crippen LogP contribution in [-0.2, 0) is 47.6 Å². The molecule has 133 heavy (non-hydrogen) atoms. The number of halogens is 4. The molecule has 17 nitrogen and oxygen atoms in total. The van der Waals surface area contributed by atoms with Gasteiger partial charge in [-0.15, -0.1) is 45.3 Å². The van der Waals surface area contributed by atoms with Gasteiger partial charge in [-0.3, -0.25) is 44.0 Å². The predicted molar refractivity (Wildman–Crippen MR) is 553 cm³/mol. The van der Waals surface area contributed by atoms with Crippen LogP contribution in [-0.4, -0.2) is 165 Å². The number of Topliss-reactive ketones (excluding diaryl/α,β-unsaturated/α-hetero) is 4. The van der Waals surface area contributed by atoms with Crippen molar-refractivity contribution in [3.8, 4) is 0 Å². The van der Waals surface area contributed by atoms with Gasteiger partial charge in [0.15, 0.2) is 28.7 Å². The number of nitrogens with zero attached hydrogens (tertiary/aromatic N) is 6. The topological polar surface area (TPSA) is 251 Å². The van der Waals surface area contributed by atoms with Gasteiger partial charge in [-0.2, -0.15) is 0 Å². The molecule has 8 aliphatic rings. The number of aryl methyl sites for hydroxylation is 5. The molecule has 0 amide bonds. The van der Waals surface area contributed by atoms with Crippen LogP contribution in [0.4, 0.5) is 4.79 Å². The maximum Gasteiger partial charge on any atom is 1.00 e. The van der Waals surface area contributed by atoms with Crippen molar-refractivity contribution in [2.45, 2.75) is 141 Å². The molecule has 0 spiro atoms. The molecule has 0 bridgehead atoms. The zero-order valence-electron chi connectivity index (χ0n) is 77.0. The van der Waals surface area contributed by atoms with Crippen LogP contribution in [0.2, 0.25) is 0 Å². The molecule has 1 atom stereocenters. The number of likely N-dealkylation sites (tertiary alicyclic amines) is 2. The first-order valence-electron chi connectivity index (χ1n) is 43.6. The van der Waals surface area contributed by atoms with Crippen molar-refractivity contribution in [1.29, 1.82) is 4.35 Å². The quantitative estimate of drug-likeness (QED) is 0.0710. The van der Waals surface area contributed by atoms with Gasteiger partial charge in [0.05, 0.1) is 19.5 Å². The summed E-state index contributed by atoms with van der Waals surface area (Å²) in [6, 6.07) is 50.8. The fourth-order valence-electron chi connectivity index (χ4n) is 17.2. The van der Waals surface area contributed by atoms with Crippen LogP contribution in [0, 0.1) is 39.0 Å². The summed E-state index contributed by atoms with van der Waals surface area (Å²) in [6.45, 7) is 21.2. The molecule has 12 aromatic rings. The number of piperidine rings is 4. The number of thiophene rings is 4. The molecule has 4 saturated heterocycles. The second-order valence-electron chi connectivity index (χ2n) is 32.5. The number of ketones is 4. The van der Waals surface area contributed by atoms with Crippen molar-refractivity contribution in [2.24, 2.45) is 0 Å². The van der Waals surface area contributed by atoms with E-state index in [0.717, 1.165) is 170 Å². The first-order chi connectivity index (χ1) is 63.2. The van der Waals surface area contributed by atoms with Crippen LogP contribution in [0.1, 0.15) is 208 Å². The van der Waals surface area contributed by atoms with Gasteiger partial charge in [0.1, 0.15) is 0 Å². The van der Waals surface area contributed by atoms with Gasteiger partial charge in [0.2, 0.25) is 0 Å². The third-order valence-corrected chi connectivity index (χ3v) is 28.3. The second kappa shape index (κ2) is 56.7. The van der Waals surface area contributed by atoms with Crippen LogP contribution in [0.5, 0.6) is 0 Å². The summed E-state index contributed by atoms with van der Waals surface area (Å²) >= 11 is 24.6. The zero-order chi connectivity index (χ0) is 92.6. The number of rotatable bonds is 5. The average Bonchev–Trinajstić information content (AvgIpc) is 1.65. The Kier molecular flexibility index (Phi) is 47.1. The minimum Gasteiger partial charge on any atom is -0.870 e. The van der Waals surface area contributed by atoms with Gasteiger partial charge >= 0.3 is 55.4 Å². The Morgan fingerprint density at radius 1 is 0.436 bits per heavy atom. The van der Waals surface area contributed by atoms with E-state index >= 15 is 0 Å². The largest absolute Gasteiger partial charge is 1.00 e. The van der Waals surface area contributed by atoms with Gasteiger partial charge < -0.3 is 30.9 Å². The van der Waals surface area contributed by atoms with E-state index in [1.54, 1.807) is 61.4 Å². The van der Waals surface area contributed by atoms with Crippen LogP contribution in [0.15, 0.2) is 239 Å². The molecule has 5 N–H and O–H groups in total. The Labute approximate surface area is 858 Å². The maximum absolute atomic E-state index is 12.8. The number of carbonyl (C=O) groups excluding carboxylic acids is 5. The molecule has 20 rings (SSSR count). The molecule has 0 saturated carbocycles. The van der Waals surface area contributed by atoms with Crippen molar-refractivity contribution in [3.63, 3.8) is 0 Å². The molecule has 8 aromatic heterocycles. The molecule has 4 aromatic carbocycles. The number of fused-ring (bicyclic) bond motifs is 8. The normalized spacial score (nSPS) is 15.2. The number of hydrogen-bond donors (Lipinski definition) is 4. The van der Waals surface area contributed by atoms with Crippen molar-refractivity contribution in [2.75, 3.05) is 66.5 Å². The number of aliphatic hydroxyl groups is 1. The first kappa shape index (κ1) is 110. The van der Waals surface area contributed by atoms with Crippen LogP contribution >= 0.6 is 100 Å². The molecule has 4 fully saturated rings. The van der Waals surface area contributed by atoms with Crippen molar-refractivity contribution in [1.82, 2.24) is 40.4 Å². The third-order valence-electron chi connectivity index (χ3n) is 23.0. The third kappa shape index (κ3) is 31.0. The molecular formula is C105H112AlBBr2Cl2N9NaO8S4. The van der Waals surface area contributed by atoms with Gasteiger partial charge in [-0.25, -0.2) is 4.79 Å². The number of aliphatic hydroxyl groups excluding tert-OH is 1. The number of pyridine rings is 4. The Bertz CT molecular complexity index is 5830. The van der Waals surface area contributed by atoms with E-state index in [9.17, 15) is 24.0 Å². The Morgan fingerprint density at radius 3 is 0.955 bits per heavy atom. The van der Waals surface area contributed by atoms with Gasteiger partial charge in [-0.05, 0) is 283 Å². The Morgan fingerprint density at radius 2 is 0.699 bits per heavy atom. The molecule has 1 unspecified atom stereocenters. The summed E-state index contributed by atoms with van der Waals surface area (Å²) in [5.41, 5.74) is 34.0. The Balaban J connectivity index is 0.000000193. The molecule has 684 valence electrons. The van der Waals surface area contributed by atoms with Crippen molar-refractivity contribution < 1.29 is 68.8 Å². The van der Waals surface area contributed by atoms with Crippen molar-refractivity contribution in [3.05, 3.63) is 370 Å². The molecule has 4 aliphatic heterocycles. The van der Waals surface area contributed by atoms with E-state index in [1.807, 2.05) is 102 Å². The van der Waals surface area contributed by atoms with E-state index in [1.165, 1.54) is 141 Å². The fraction of sp³-hybridized carbons (Fsp3) is 0.305. The monoisotopic (exact) mass is 2040 g/mol. The second-order valence-corrected chi connectivity index (χ2v) is 38.2. The summed E-state index contributed by atoms with van der Waals surface area (Å²) in [7, 11) is 3.18. The first-order valence-corrected chi connectivity index (χ1v) is 50.8. The minimum absolute atomic E-state index is 0. The van der Waals surface area contributed by atoms with Crippen LogP contribution in [0.25, 0.3) is 22.3 Å². The van der Waals surface area contributed by atoms with Gasteiger partial charge in [-0.1, -0.05) is 187 Å². The van der Waals surface area contributed by atoms with E-state index in [-0.39, 0.29) is 66.6 Å². The van der Waals surface area contributed by atoms with Gasteiger partial charge in [0, 0.05) is 168 Å². The number of nitrogens with one attached hydrogen (secondary N) is 3. The SMILES string of the molecule is CC(Cl)OC(=O)Cl.CN1CCC(=C2c3ccccc3CC(=O)c3sccc32)CC1.CO.Cc1cncc(C)c1.Cc1cncc(CBr)c1.Cc1cncc(CBr)c1.Cc1cncc(CN2CCC(=C3c4ccccc4CC(=O)c4sccc43)CC2)c1.O=C1Cc2ccccc2C(=C2CCNCC2)c2ccsc21.O=C1Cc2ccccc2C(=C2CCNCC2)c2ccsc21.[B].[NH]=[Al].[Na+].[OH-]. The molecular weight excluding hydrogens is 1930 g/mol. The predicted octanol–water partition coefficient (Wildman–Crippen LogP) is 20.8. The molecule has 28 heteroatoms. The van der Waals surface area contributed by atoms with E-state index in [0.29, 0.717) is 25.7 Å². The molecule has 4 aliphatic carbocycles. The number of carbonyl (C=O) groups is 5.